The number of ether oxygens (including phenoxy) is 1. The minimum atomic E-state index is 0.319. The van der Waals surface area contributed by atoms with Crippen molar-refractivity contribution >= 4 is 0 Å². The van der Waals surface area contributed by atoms with E-state index < -0.39 is 0 Å². The summed E-state index contributed by atoms with van der Waals surface area (Å²) in [6.07, 6.45) is 0.875. The van der Waals surface area contributed by atoms with Crippen molar-refractivity contribution in [3.63, 3.8) is 0 Å². The van der Waals surface area contributed by atoms with Gasteiger partial charge >= 0.3 is 0 Å². The molecular formula is C7H18O2. The molecule has 0 saturated heterocycles. The molecular weight excluding hydrogens is 116 g/mol. The Hall–Kier alpha value is -0.0800. The number of rotatable bonds is 3. The predicted octanol–water partition coefficient (Wildman–Crippen LogP) is 1.43. The van der Waals surface area contributed by atoms with Crippen LogP contribution in [0.4, 0.5) is 0 Å². The molecule has 0 aliphatic rings. The fraction of sp³-hybridized carbons (Fsp3) is 1.00. The van der Waals surface area contributed by atoms with E-state index >= 15 is 0 Å². The van der Waals surface area contributed by atoms with Gasteiger partial charge in [-0.25, -0.2) is 0 Å². The molecule has 0 rings (SSSR count). The highest BCUT2D eigenvalue weighted by Crippen LogP contribution is 1.64. The van der Waals surface area contributed by atoms with Gasteiger partial charge in [0.25, 0.3) is 0 Å². The van der Waals surface area contributed by atoms with Gasteiger partial charge in [0.15, 0.2) is 0 Å². The van der Waals surface area contributed by atoms with Crippen LogP contribution in [-0.2, 0) is 4.74 Å². The zero-order valence-electron chi connectivity index (χ0n) is 6.68. The number of hydrogen-bond acceptors (Lipinski definition) is 2. The molecule has 0 fully saturated rings. The van der Waals surface area contributed by atoms with Gasteiger partial charge in [0.2, 0.25) is 0 Å². The zero-order valence-corrected chi connectivity index (χ0v) is 6.68. The van der Waals surface area contributed by atoms with E-state index in [0.29, 0.717) is 6.61 Å². The largest absolute Gasteiger partial charge is 0.396 e. The van der Waals surface area contributed by atoms with Crippen LogP contribution < -0.4 is 0 Å². The third kappa shape index (κ3) is 32.6. The van der Waals surface area contributed by atoms with Crippen LogP contribution in [0.15, 0.2) is 0 Å². The third-order valence-corrected chi connectivity index (χ3v) is 0.632. The summed E-state index contributed by atoms with van der Waals surface area (Å²) in [5.41, 5.74) is 0. The molecule has 58 valence electrons. The van der Waals surface area contributed by atoms with E-state index in [9.17, 15) is 0 Å². The highest BCUT2D eigenvalue weighted by atomic mass is 16.5. The van der Waals surface area contributed by atoms with Crippen LogP contribution in [0.1, 0.15) is 27.2 Å². The Morgan fingerprint density at radius 2 is 1.44 bits per heavy atom. The summed E-state index contributed by atoms with van der Waals surface area (Å²) >= 11 is 0. The van der Waals surface area contributed by atoms with E-state index in [2.05, 4.69) is 0 Å². The van der Waals surface area contributed by atoms with Crippen LogP contribution in [0.2, 0.25) is 0 Å². The molecule has 0 aromatic rings. The van der Waals surface area contributed by atoms with Gasteiger partial charge in [-0.2, -0.15) is 0 Å². The van der Waals surface area contributed by atoms with Crippen molar-refractivity contribution in [2.75, 3.05) is 19.8 Å². The van der Waals surface area contributed by atoms with Crippen molar-refractivity contribution in [3.05, 3.63) is 0 Å². The maximum atomic E-state index is 7.88. The first-order chi connectivity index (χ1) is 4.33. The minimum Gasteiger partial charge on any atom is -0.396 e. The predicted molar refractivity (Wildman–Crippen MR) is 39.5 cm³/mol. The van der Waals surface area contributed by atoms with Crippen molar-refractivity contribution in [1.82, 2.24) is 0 Å². The van der Waals surface area contributed by atoms with E-state index in [0.717, 1.165) is 19.6 Å². The molecule has 0 saturated carbocycles. The van der Waals surface area contributed by atoms with Crippen molar-refractivity contribution in [2.45, 2.75) is 27.2 Å². The van der Waals surface area contributed by atoms with E-state index in [1.165, 1.54) is 0 Å². The van der Waals surface area contributed by atoms with E-state index in [-0.39, 0.29) is 0 Å². The van der Waals surface area contributed by atoms with Crippen molar-refractivity contribution in [3.8, 4) is 0 Å². The molecule has 0 unspecified atom stereocenters. The zero-order chi connectivity index (χ0) is 7.54. The maximum Gasteiger partial charge on any atom is 0.0437 e. The monoisotopic (exact) mass is 134 g/mol. The Labute approximate surface area is 57.8 Å². The smallest absolute Gasteiger partial charge is 0.0437 e. The average molecular weight is 134 g/mol. The second-order valence-electron chi connectivity index (χ2n) is 1.51. The molecule has 0 aromatic carbocycles. The lowest BCUT2D eigenvalue weighted by atomic mass is 10.5. The summed E-state index contributed by atoms with van der Waals surface area (Å²) in [6, 6.07) is 0. The number of aliphatic hydroxyl groups is 1. The maximum absolute atomic E-state index is 7.88. The first kappa shape index (κ1) is 11.7. The van der Waals surface area contributed by atoms with Gasteiger partial charge in [0.05, 0.1) is 0 Å². The molecule has 2 heteroatoms. The van der Waals surface area contributed by atoms with Crippen LogP contribution in [0, 0.1) is 0 Å². The summed E-state index contributed by atoms with van der Waals surface area (Å²) < 4.78 is 4.83. The summed E-state index contributed by atoms with van der Waals surface area (Å²) in [5.74, 6) is 0. The molecule has 1 N–H and O–H groups in total. The molecule has 0 bridgehead atoms. The lowest BCUT2D eigenvalue weighted by molar-refractivity contribution is 0.162. The molecule has 0 radical (unpaired) electrons. The standard InChI is InChI=1S/C4H10O.C3H8O/c1-3-5-4-2;1-2-3-4/h3-4H2,1-2H3;4H,2-3H2,1H3. The first-order valence-electron chi connectivity index (χ1n) is 3.51. The summed E-state index contributed by atoms with van der Waals surface area (Å²) in [4.78, 5) is 0. The van der Waals surface area contributed by atoms with Gasteiger partial charge < -0.3 is 9.84 Å². The highest BCUT2D eigenvalue weighted by Gasteiger charge is 1.64. The fourth-order valence-electron chi connectivity index (χ4n) is 0.204. The van der Waals surface area contributed by atoms with Crippen LogP contribution in [0.3, 0.4) is 0 Å². The van der Waals surface area contributed by atoms with Gasteiger partial charge in [0.1, 0.15) is 0 Å². The van der Waals surface area contributed by atoms with Gasteiger partial charge in [-0.1, -0.05) is 6.92 Å². The van der Waals surface area contributed by atoms with Crippen molar-refractivity contribution < 1.29 is 9.84 Å². The third-order valence-electron chi connectivity index (χ3n) is 0.632. The van der Waals surface area contributed by atoms with Crippen LogP contribution in [0.25, 0.3) is 0 Å². The molecule has 0 spiro atoms. The van der Waals surface area contributed by atoms with Gasteiger partial charge in [0, 0.05) is 19.8 Å². The minimum absolute atomic E-state index is 0.319. The van der Waals surface area contributed by atoms with Crippen LogP contribution in [0.5, 0.6) is 0 Å². The fourth-order valence-corrected chi connectivity index (χ4v) is 0.204. The Kier molecular flexibility index (Phi) is 20.3. The van der Waals surface area contributed by atoms with Gasteiger partial charge in [-0.05, 0) is 20.3 Å². The Morgan fingerprint density at radius 3 is 1.44 bits per heavy atom. The summed E-state index contributed by atoms with van der Waals surface area (Å²) in [5, 5.41) is 7.88. The van der Waals surface area contributed by atoms with Gasteiger partial charge in [-0.15, -0.1) is 0 Å². The number of aliphatic hydroxyl groups excluding tert-OH is 1. The van der Waals surface area contributed by atoms with Crippen molar-refractivity contribution in [1.29, 1.82) is 0 Å². The number of hydrogen-bond donors (Lipinski definition) is 1. The molecule has 0 aromatic heterocycles. The molecule has 0 aliphatic carbocycles. The topological polar surface area (TPSA) is 29.5 Å². The quantitative estimate of drug-likeness (QED) is 0.632. The second-order valence-corrected chi connectivity index (χ2v) is 1.51. The molecule has 0 heterocycles. The van der Waals surface area contributed by atoms with Crippen molar-refractivity contribution in [2.24, 2.45) is 0 Å². The van der Waals surface area contributed by atoms with E-state index in [1.807, 2.05) is 20.8 Å². The molecule has 0 aliphatic heterocycles. The van der Waals surface area contributed by atoms with Crippen LogP contribution >= 0.6 is 0 Å². The van der Waals surface area contributed by atoms with Crippen LogP contribution in [-0.4, -0.2) is 24.9 Å². The lowest BCUT2D eigenvalue weighted by Crippen LogP contribution is -1.84. The first-order valence-corrected chi connectivity index (χ1v) is 3.51. The second kappa shape index (κ2) is 15.7. The Balaban J connectivity index is 0. The van der Waals surface area contributed by atoms with E-state index in [4.69, 9.17) is 9.84 Å². The van der Waals surface area contributed by atoms with E-state index in [1.54, 1.807) is 0 Å². The molecule has 0 amide bonds. The normalized spacial score (nSPS) is 8.00. The molecule has 9 heavy (non-hydrogen) atoms. The Bertz CT molecular complexity index is 26.1. The molecule has 0 atom stereocenters. The lowest BCUT2D eigenvalue weighted by Gasteiger charge is -1.86. The summed E-state index contributed by atoms with van der Waals surface area (Å²) in [7, 11) is 0. The Morgan fingerprint density at radius 1 is 1.11 bits per heavy atom. The average Bonchev–Trinajstić information content (AvgIpc) is 1.91. The summed E-state index contributed by atoms with van der Waals surface area (Å²) in [6.45, 7) is 7.92. The highest BCUT2D eigenvalue weighted by molar-refractivity contribution is 4.10. The molecule has 2 nitrogen and oxygen atoms in total. The van der Waals surface area contributed by atoms with Gasteiger partial charge in [-0.3, -0.25) is 0 Å². The SMILES string of the molecule is CCCO.CCOCC.